The predicted octanol–water partition coefficient (Wildman–Crippen LogP) is 0.353. The minimum absolute atomic E-state index is 0.0162. The molecule has 1 heterocycles. The smallest absolute Gasteiger partial charge is 0.159 e. The van der Waals surface area contributed by atoms with Crippen LogP contribution in [0, 0.1) is 5.92 Å². The molecule has 1 aliphatic heterocycles. The maximum absolute atomic E-state index is 11.1. The van der Waals surface area contributed by atoms with Crippen molar-refractivity contribution in [1.82, 2.24) is 5.32 Å². The lowest BCUT2D eigenvalue weighted by molar-refractivity contribution is -0.116. The molecular formula is C9H13NO3. The number of carbonyl (C=O) groups is 1. The molecule has 2 atom stereocenters. The molecule has 1 aliphatic carbocycles. The predicted molar refractivity (Wildman–Crippen MR) is 46.2 cm³/mol. The van der Waals surface area contributed by atoms with Gasteiger partial charge in [0.25, 0.3) is 0 Å². The highest BCUT2D eigenvalue weighted by molar-refractivity contribution is 5.91. The number of rotatable bonds is 1. The van der Waals surface area contributed by atoms with Crippen LogP contribution < -0.4 is 5.32 Å². The quantitative estimate of drug-likeness (QED) is 0.616. The van der Waals surface area contributed by atoms with Crippen molar-refractivity contribution in [2.24, 2.45) is 5.92 Å². The Kier molecular flexibility index (Phi) is 2.33. The second kappa shape index (κ2) is 3.47. The van der Waals surface area contributed by atoms with Crippen molar-refractivity contribution in [2.75, 3.05) is 13.3 Å². The van der Waals surface area contributed by atoms with E-state index in [0.717, 1.165) is 0 Å². The molecule has 0 spiro atoms. The molecule has 2 rings (SSSR count). The van der Waals surface area contributed by atoms with Crippen LogP contribution >= 0.6 is 0 Å². The van der Waals surface area contributed by atoms with Crippen LogP contribution in [0.25, 0.3) is 0 Å². The Hall–Kier alpha value is -0.870. The Balaban J connectivity index is 2.01. The number of ether oxygens (including phenoxy) is 1. The fourth-order valence-electron chi connectivity index (χ4n) is 1.90. The lowest BCUT2D eigenvalue weighted by Crippen LogP contribution is -2.35. The molecule has 0 aromatic heterocycles. The molecule has 4 heteroatoms. The van der Waals surface area contributed by atoms with E-state index in [9.17, 15) is 9.90 Å². The summed E-state index contributed by atoms with van der Waals surface area (Å²) in [6, 6.07) is 0.222. The first kappa shape index (κ1) is 8.72. The van der Waals surface area contributed by atoms with E-state index in [1.54, 1.807) is 0 Å². The van der Waals surface area contributed by atoms with Gasteiger partial charge in [-0.05, 0) is 5.92 Å². The van der Waals surface area contributed by atoms with Gasteiger partial charge >= 0.3 is 0 Å². The summed E-state index contributed by atoms with van der Waals surface area (Å²) in [5, 5.41) is 12.4. The molecule has 0 saturated carbocycles. The average Bonchev–Trinajstić information content (AvgIpc) is 2.53. The topological polar surface area (TPSA) is 58.6 Å². The molecule has 0 aromatic rings. The lowest BCUT2D eigenvalue weighted by Gasteiger charge is -2.23. The number of ketones is 1. The van der Waals surface area contributed by atoms with Gasteiger partial charge in [-0.15, -0.1) is 0 Å². The Morgan fingerprint density at radius 1 is 1.54 bits per heavy atom. The Labute approximate surface area is 76.6 Å². The summed E-state index contributed by atoms with van der Waals surface area (Å²) >= 11 is 0. The van der Waals surface area contributed by atoms with E-state index in [1.165, 1.54) is 6.08 Å². The molecular weight excluding hydrogens is 170 g/mol. The molecule has 2 aliphatic rings. The molecule has 0 amide bonds. The summed E-state index contributed by atoms with van der Waals surface area (Å²) < 4.78 is 5.16. The van der Waals surface area contributed by atoms with E-state index in [-0.39, 0.29) is 23.5 Å². The zero-order valence-electron chi connectivity index (χ0n) is 7.32. The maximum Gasteiger partial charge on any atom is 0.159 e. The highest BCUT2D eigenvalue weighted by Crippen LogP contribution is 2.25. The van der Waals surface area contributed by atoms with Gasteiger partial charge in [-0.25, -0.2) is 0 Å². The van der Waals surface area contributed by atoms with Crippen LogP contribution in [0.3, 0.4) is 0 Å². The van der Waals surface area contributed by atoms with Crippen molar-refractivity contribution in [3.8, 4) is 0 Å². The van der Waals surface area contributed by atoms with Gasteiger partial charge in [-0.1, -0.05) is 0 Å². The minimum atomic E-state index is 0.0162. The van der Waals surface area contributed by atoms with Crippen molar-refractivity contribution in [1.29, 1.82) is 0 Å². The molecule has 0 radical (unpaired) electrons. The molecule has 72 valence electrons. The zero-order valence-corrected chi connectivity index (χ0v) is 7.32. The molecule has 0 bridgehead atoms. The van der Waals surface area contributed by atoms with Gasteiger partial charge in [0.2, 0.25) is 0 Å². The second-order valence-corrected chi connectivity index (χ2v) is 3.60. The highest BCUT2D eigenvalue weighted by atomic mass is 16.5. The van der Waals surface area contributed by atoms with E-state index in [1.807, 2.05) is 0 Å². The van der Waals surface area contributed by atoms with Crippen LogP contribution in [0.2, 0.25) is 0 Å². The van der Waals surface area contributed by atoms with Gasteiger partial charge in [0.05, 0.1) is 19.1 Å². The Morgan fingerprint density at radius 3 is 3.00 bits per heavy atom. The number of hydrogen-bond acceptors (Lipinski definition) is 4. The van der Waals surface area contributed by atoms with Crippen LogP contribution in [0.5, 0.6) is 0 Å². The first-order chi connectivity index (χ1) is 6.25. The molecule has 13 heavy (non-hydrogen) atoms. The second-order valence-electron chi connectivity index (χ2n) is 3.60. The number of allylic oxidation sites excluding steroid dienone is 2. The summed E-state index contributed by atoms with van der Waals surface area (Å²) in [6.07, 6.45) is 2.43. The van der Waals surface area contributed by atoms with Gasteiger partial charge in [0, 0.05) is 25.0 Å². The molecule has 2 unspecified atom stereocenters. The third-order valence-electron chi connectivity index (χ3n) is 2.58. The maximum atomic E-state index is 11.1. The summed E-state index contributed by atoms with van der Waals surface area (Å²) in [7, 11) is 0. The molecule has 1 fully saturated rings. The van der Waals surface area contributed by atoms with E-state index >= 15 is 0 Å². The first-order valence-electron chi connectivity index (χ1n) is 4.49. The van der Waals surface area contributed by atoms with Gasteiger partial charge in [-0.2, -0.15) is 0 Å². The van der Waals surface area contributed by atoms with Crippen LogP contribution in [-0.4, -0.2) is 30.3 Å². The lowest BCUT2D eigenvalue weighted by atomic mass is 9.87. The zero-order chi connectivity index (χ0) is 9.26. The van der Waals surface area contributed by atoms with Gasteiger partial charge in [0.1, 0.15) is 0 Å². The molecule has 2 N–H and O–H groups in total. The third-order valence-corrected chi connectivity index (χ3v) is 2.58. The Morgan fingerprint density at radius 2 is 2.38 bits per heavy atom. The van der Waals surface area contributed by atoms with Crippen LogP contribution in [0.1, 0.15) is 12.8 Å². The number of aliphatic hydroxyl groups excluding tert-OH is 1. The fourth-order valence-corrected chi connectivity index (χ4v) is 1.90. The highest BCUT2D eigenvalue weighted by Gasteiger charge is 2.30. The number of nitrogens with one attached hydrogen (secondary N) is 1. The molecule has 4 nitrogen and oxygen atoms in total. The van der Waals surface area contributed by atoms with Gasteiger partial charge in [0.15, 0.2) is 5.78 Å². The van der Waals surface area contributed by atoms with Crippen molar-refractivity contribution < 1.29 is 14.6 Å². The number of carbonyl (C=O) groups excluding carboxylic acids is 1. The number of hydrogen-bond donors (Lipinski definition) is 2. The summed E-state index contributed by atoms with van der Waals surface area (Å²) in [5.74, 6) is 0.414. The third kappa shape index (κ3) is 1.89. The SMILES string of the molecule is O=C1C=C(O)CC(C2COCN2)C1. The van der Waals surface area contributed by atoms with E-state index < -0.39 is 0 Å². The first-order valence-corrected chi connectivity index (χ1v) is 4.49. The van der Waals surface area contributed by atoms with Crippen LogP contribution in [0.15, 0.2) is 11.8 Å². The summed E-state index contributed by atoms with van der Waals surface area (Å²) in [4.78, 5) is 11.1. The van der Waals surface area contributed by atoms with Crippen molar-refractivity contribution in [2.45, 2.75) is 18.9 Å². The normalized spacial score (nSPS) is 34.8. The van der Waals surface area contributed by atoms with Crippen LogP contribution in [0.4, 0.5) is 0 Å². The minimum Gasteiger partial charge on any atom is -0.512 e. The molecule has 0 aromatic carbocycles. The fraction of sp³-hybridized carbons (Fsp3) is 0.667. The van der Waals surface area contributed by atoms with Crippen molar-refractivity contribution in [3.05, 3.63) is 11.8 Å². The van der Waals surface area contributed by atoms with Gasteiger partial charge in [-0.3, -0.25) is 10.1 Å². The summed E-state index contributed by atoms with van der Waals surface area (Å²) in [5.41, 5.74) is 0. The summed E-state index contributed by atoms with van der Waals surface area (Å²) in [6.45, 7) is 1.20. The van der Waals surface area contributed by atoms with Crippen LogP contribution in [-0.2, 0) is 9.53 Å². The van der Waals surface area contributed by atoms with Gasteiger partial charge < -0.3 is 9.84 Å². The van der Waals surface area contributed by atoms with E-state index in [2.05, 4.69) is 5.32 Å². The standard InChI is InChI=1S/C9H13NO3/c11-7-1-6(2-8(12)3-7)9-4-13-5-10-9/h3,6,9-11H,1-2,4-5H2. The van der Waals surface area contributed by atoms with Crippen molar-refractivity contribution in [3.63, 3.8) is 0 Å². The monoisotopic (exact) mass is 183 g/mol. The Bertz CT molecular complexity index is 243. The van der Waals surface area contributed by atoms with Crippen molar-refractivity contribution >= 4 is 5.78 Å². The molecule has 1 saturated heterocycles. The van der Waals surface area contributed by atoms with E-state index in [4.69, 9.17) is 4.74 Å². The average molecular weight is 183 g/mol. The number of aliphatic hydroxyl groups is 1. The largest absolute Gasteiger partial charge is 0.512 e. The van der Waals surface area contributed by atoms with E-state index in [0.29, 0.717) is 26.2 Å².